The highest BCUT2D eigenvalue weighted by atomic mass is 16.5. The number of fused-ring (bicyclic) bond motifs is 1. The number of hydrogen-bond acceptors (Lipinski definition) is 3. The number of ether oxygens (including phenoxy) is 1. The van der Waals surface area contributed by atoms with Crippen LogP contribution in [0.25, 0.3) is 10.8 Å². The standard InChI is InChI=1S/C20H26N2O2/c1-3-15-24-19-12-11-17-9-5-6-10-18(17)20(19)22(16(2)23)21-13-7-4-8-14-21/h5-6,9-12H,3-4,7-8,13-15H2,1-2H3. The van der Waals surface area contributed by atoms with Gasteiger partial charge in [0.25, 0.3) is 0 Å². The Labute approximate surface area is 144 Å². The predicted octanol–water partition coefficient (Wildman–Crippen LogP) is 4.38. The Morgan fingerprint density at radius 1 is 1.12 bits per heavy atom. The van der Waals surface area contributed by atoms with Crippen LogP contribution in [-0.2, 0) is 4.79 Å². The quantitative estimate of drug-likeness (QED) is 0.817. The highest BCUT2D eigenvalue weighted by Crippen LogP contribution is 2.38. The van der Waals surface area contributed by atoms with Gasteiger partial charge in [-0.15, -0.1) is 0 Å². The summed E-state index contributed by atoms with van der Waals surface area (Å²) in [5.74, 6) is 0.825. The predicted molar refractivity (Wildman–Crippen MR) is 98.3 cm³/mol. The van der Waals surface area contributed by atoms with E-state index in [2.05, 4.69) is 30.1 Å². The lowest BCUT2D eigenvalue weighted by Crippen LogP contribution is -2.48. The van der Waals surface area contributed by atoms with E-state index in [4.69, 9.17) is 4.74 Å². The van der Waals surface area contributed by atoms with Crippen molar-refractivity contribution in [2.75, 3.05) is 24.7 Å². The minimum absolute atomic E-state index is 0.0367. The molecule has 1 fully saturated rings. The van der Waals surface area contributed by atoms with Crippen molar-refractivity contribution in [1.82, 2.24) is 5.01 Å². The van der Waals surface area contributed by atoms with Crippen LogP contribution in [0.15, 0.2) is 36.4 Å². The van der Waals surface area contributed by atoms with Crippen molar-refractivity contribution in [2.45, 2.75) is 39.5 Å². The van der Waals surface area contributed by atoms with Gasteiger partial charge in [-0.3, -0.25) is 4.79 Å². The van der Waals surface area contributed by atoms with Crippen LogP contribution in [0.5, 0.6) is 5.75 Å². The summed E-state index contributed by atoms with van der Waals surface area (Å²) in [6.07, 6.45) is 4.42. The summed E-state index contributed by atoms with van der Waals surface area (Å²) in [5, 5.41) is 6.20. The first-order chi connectivity index (χ1) is 11.7. The molecular formula is C20H26N2O2. The molecule has 0 N–H and O–H groups in total. The van der Waals surface area contributed by atoms with Crippen molar-refractivity contribution >= 4 is 22.4 Å². The van der Waals surface area contributed by atoms with Crippen molar-refractivity contribution in [2.24, 2.45) is 0 Å². The van der Waals surface area contributed by atoms with Crippen molar-refractivity contribution < 1.29 is 9.53 Å². The van der Waals surface area contributed by atoms with Crippen molar-refractivity contribution in [3.8, 4) is 5.75 Å². The third-order valence-electron chi connectivity index (χ3n) is 4.45. The van der Waals surface area contributed by atoms with Crippen molar-refractivity contribution in [1.29, 1.82) is 0 Å². The minimum Gasteiger partial charge on any atom is -0.491 e. The van der Waals surface area contributed by atoms with Gasteiger partial charge in [0.15, 0.2) is 0 Å². The fourth-order valence-electron chi connectivity index (χ4n) is 3.36. The van der Waals surface area contributed by atoms with Gasteiger partial charge < -0.3 is 4.74 Å². The zero-order valence-electron chi connectivity index (χ0n) is 14.6. The van der Waals surface area contributed by atoms with Crippen LogP contribution >= 0.6 is 0 Å². The monoisotopic (exact) mass is 326 g/mol. The molecule has 0 spiro atoms. The Hall–Kier alpha value is -2.07. The molecule has 1 amide bonds. The Morgan fingerprint density at radius 2 is 1.88 bits per heavy atom. The van der Waals surface area contributed by atoms with E-state index >= 15 is 0 Å². The second-order valence-corrected chi connectivity index (χ2v) is 6.33. The summed E-state index contributed by atoms with van der Waals surface area (Å²) in [5.41, 5.74) is 0.885. The van der Waals surface area contributed by atoms with Gasteiger partial charge in [-0.25, -0.2) is 10.0 Å². The second kappa shape index (κ2) is 7.67. The first-order valence-corrected chi connectivity index (χ1v) is 8.92. The molecule has 0 radical (unpaired) electrons. The SMILES string of the molecule is CCCOc1ccc2ccccc2c1N(C(C)=O)N1CCCCC1. The molecule has 1 heterocycles. The molecule has 2 aromatic rings. The molecule has 0 aromatic heterocycles. The summed E-state index contributed by atoms with van der Waals surface area (Å²) in [4.78, 5) is 12.5. The Balaban J connectivity index is 2.13. The molecule has 0 bridgehead atoms. The molecule has 3 rings (SSSR count). The van der Waals surface area contributed by atoms with Crippen LogP contribution in [-0.4, -0.2) is 30.6 Å². The molecule has 2 aromatic carbocycles. The first kappa shape index (κ1) is 16.8. The number of hydrogen-bond donors (Lipinski definition) is 0. The zero-order valence-corrected chi connectivity index (χ0v) is 14.6. The molecule has 4 nitrogen and oxygen atoms in total. The fourth-order valence-corrected chi connectivity index (χ4v) is 3.36. The van der Waals surface area contributed by atoms with E-state index in [0.29, 0.717) is 6.61 Å². The lowest BCUT2D eigenvalue weighted by molar-refractivity contribution is -0.119. The van der Waals surface area contributed by atoms with E-state index in [9.17, 15) is 4.79 Å². The molecule has 0 aliphatic carbocycles. The Bertz CT molecular complexity index is 708. The number of benzene rings is 2. The summed E-state index contributed by atoms with van der Waals surface area (Å²) in [6.45, 7) is 6.21. The van der Waals surface area contributed by atoms with Gasteiger partial charge in [0, 0.05) is 25.4 Å². The smallest absolute Gasteiger partial charge is 0.238 e. The lowest BCUT2D eigenvalue weighted by Gasteiger charge is -2.38. The number of carbonyl (C=O) groups is 1. The topological polar surface area (TPSA) is 32.8 Å². The highest BCUT2D eigenvalue weighted by molar-refractivity contribution is 6.05. The van der Waals surface area contributed by atoms with Crippen LogP contribution in [0.4, 0.5) is 5.69 Å². The van der Waals surface area contributed by atoms with Crippen LogP contribution in [0, 0.1) is 0 Å². The van der Waals surface area contributed by atoms with E-state index in [-0.39, 0.29) is 5.91 Å². The molecule has 1 aliphatic heterocycles. The van der Waals surface area contributed by atoms with Gasteiger partial charge in [0.05, 0.1) is 6.61 Å². The highest BCUT2D eigenvalue weighted by Gasteiger charge is 2.26. The van der Waals surface area contributed by atoms with E-state index in [0.717, 1.165) is 54.6 Å². The summed E-state index contributed by atoms with van der Waals surface area (Å²) in [7, 11) is 0. The molecule has 0 atom stereocenters. The number of amides is 1. The number of anilines is 1. The van der Waals surface area contributed by atoms with Crippen LogP contribution in [0.2, 0.25) is 0 Å². The van der Waals surface area contributed by atoms with Crippen LogP contribution < -0.4 is 9.75 Å². The van der Waals surface area contributed by atoms with Gasteiger partial charge in [0.1, 0.15) is 11.4 Å². The number of rotatable bonds is 5. The second-order valence-electron chi connectivity index (χ2n) is 6.33. The largest absolute Gasteiger partial charge is 0.491 e. The molecular weight excluding hydrogens is 300 g/mol. The molecule has 0 saturated carbocycles. The summed E-state index contributed by atoms with van der Waals surface area (Å²) in [6, 6.07) is 12.3. The maximum absolute atomic E-state index is 12.5. The number of carbonyl (C=O) groups excluding carboxylic acids is 1. The molecule has 1 saturated heterocycles. The number of hydrazine groups is 1. The summed E-state index contributed by atoms with van der Waals surface area (Å²) < 4.78 is 6.00. The van der Waals surface area contributed by atoms with Gasteiger partial charge in [0.2, 0.25) is 5.91 Å². The van der Waals surface area contributed by atoms with Crippen molar-refractivity contribution in [3.63, 3.8) is 0 Å². The molecule has 128 valence electrons. The number of piperidine rings is 1. The maximum Gasteiger partial charge on any atom is 0.238 e. The van der Waals surface area contributed by atoms with E-state index < -0.39 is 0 Å². The van der Waals surface area contributed by atoms with Gasteiger partial charge in [-0.1, -0.05) is 43.7 Å². The average molecular weight is 326 g/mol. The Morgan fingerprint density at radius 3 is 2.58 bits per heavy atom. The fraction of sp³-hybridized carbons (Fsp3) is 0.450. The van der Waals surface area contributed by atoms with Crippen LogP contribution in [0.1, 0.15) is 39.5 Å². The van der Waals surface area contributed by atoms with Gasteiger partial charge >= 0.3 is 0 Å². The normalized spacial score (nSPS) is 15.4. The maximum atomic E-state index is 12.5. The average Bonchev–Trinajstić information content (AvgIpc) is 2.61. The van der Waals surface area contributed by atoms with Crippen LogP contribution in [0.3, 0.4) is 0 Å². The van der Waals surface area contributed by atoms with E-state index in [1.165, 1.54) is 6.42 Å². The molecule has 0 unspecified atom stereocenters. The van der Waals surface area contributed by atoms with E-state index in [1.807, 2.05) is 23.2 Å². The zero-order chi connectivity index (χ0) is 16.9. The van der Waals surface area contributed by atoms with Gasteiger partial charge in [-0.05, 0) is 30.7 Å². The summed E-state index contributed by atoms with van der Waals surface area (Å²) >= 11 is 0. The van der Waals surface area contributed by atoms with Gasteiger partial charge in [-0.2, -0.15) is 0 Å². The molecule has 4 heteroatoms. The Kier molecular flexibility index (Phi) is 5.36. The first-order valence-electron chi connectivity index (χ1n) is 8.92. The van der Waals surface area contributed by atoms with Crippen molar-refractivity contribution in [3.05, 3.63) is 36.4 Å². The number of nitrogens with zero attached hydrogens (tertiary/aromatic N) is 2. The molecule has 1 aliphatic rings. The third-order valence-corrected chi connectivity index (χ3v) is 4.45. The van der Waals surface area contributed by atoms with E-state index in [1.54, 1.807) is 6.92 Å². The third kappa shape index (κ3) is 3.39. The minimum atomic E-state index is 0.0367. The molecule has 24 heavy (non-hydrogen) atoms. The lowest BCUT2D eigenvalue weighted by atomic mass is 10.1.